The normalized spacial score (nSPS) is 42.8. The fourth-order valence-corrected chi connectivity index (χ4v) is 1.99. The lowest BCUT2D eigenvalue weighted by Crippen LogP contribution is -2.52. The maximum atomic E-state index is 10.1. The molecule has 0 spiro atoms. The van der Waals surface area contributed by atoms with Crippen LogP contribution in [0.15, 0.2) is 0 Å². The molecule has 1 aliphatic carbocycles. The minimum atomic E-state index is -0.582. The maximum absolute atomic E-state index is 10.1. The van der Waals surface area contributed by atoms with Gasteiger partial charge in [0.05, 0.1) is 5.60 Å². The van der Waals surface area contributed by atoms with Gasteiger partial charge in [0.25, 0.3) is 0 Å². The van der Waals surface area contributed by atoms with E-state index in [1.54, 1.807) is 0 Å². The number of likely N-dealkylation sites (N-methyl/N-ethyl adjacent to an activating group) is 1. The smallest absolute Gasteiger partial charge is 0.0964 e. The summed E-state index contributed by atoms with van der Waals surface area (Å²) in [4.78, 5) is 2.15. The molecule has 1 aliphatic heterocycles. The van der Waals surface area contributed by atoms with E-state index in [0.29, 0.717) is 0 Å². The highest BCUT2D eigenvalue weighted by molar-refractivity contribution is 5.16. The molecule has 64 valence electrons. The van der Waals surface area contributed by atoms with Gasteiger partial charge in [-0.25, -0.2) is 0 Å². The second-order valence-corrected chi connectivity index (χ2v) is 4.18. The third-order valence-electron chi connectivity index (χ3n) is 3.15. The molecule has 0 bridgehead atoms. The van der Waals surface area contributed by atoms with Gasteiger partial charge in [0, 0.05) is 18.6 Å². The predicted molar refractivity (Wildman–Crippen MR) is 43.2 cm³/mol. The lowest BCUT2D eigenvalue weighted by Gasteiger charge is -2.29. The monoisotopic (exact) mass is 156 g/mol. The zero-order chi connectivity index (χ0) is 8.11. The summed E-state index contributed by atoms with van der Waals surface area (Å²) in [6.45, 7) is 1.74. The fourth-order valence-electron chi connectivity index (χ4n) is 1.99. The van der Waals surface area contributed by atoms with Crippen molar-refractivity contribution in [3.63, 3.8) is 0 Å². The summed E-state index contributed by atoms with van der Waals surface area (Å²) in [6, 6.07) is 0. The summed E-state index contributed by atoms with van der Waals surface area (Å²) in [5.41, 5.74) is 5.15. The first-order chi connectivity index (χ1) is 5.06. The number of nitrogens with zero attached hydrogens (tertiary/aromatic N) is 1. The van der Waals surface area contributed by atoms with E-state index in [0.717, 1.165) is 32.4 Å². The number of hydrogen-bond acceptors (Lipinski definition) is 3. The van der Waals surface area contributed by atoms with Crippen molar-refractivity contribution >= 4 is 0 Å². The third kappa shape index (κ3) is 0.991. The van der Waals surface area contributed by atoms with E-state index in [9.17, 15) is 5.11 Å². The molecule has 0 aromatic heterocycles. The third-order valence-corrected chi connectivity index (χ3v) is 3.15. The number of β-amino-alcohol motifs (C(OH)–C–C–N with tert-alkyl or cyclic N) is 1. The molecule has 1 saturated carbocycles. The molecule has 2 fully saturated rings. The summed E-state index contributed by atoms with van der Waals surface area (Å²) >= 11 is 0. The van der Waals surface area contributed by atoms with Crippen LogP contribution < -0.4 is 5.73 Å². The summed E-state index contributed by atoms with van der Waals surface area (Å²) in [5.74, 6) is 0. The van der Waals surface area contributed by atoms with Crippen molar-refractivity contribution in [3.05, 3.63) is 0 Å². The molecule has 3 N–H and O–H groups in total. The van der Waals surface area contributed by atoms with Crippen molar-refractivity contribution < 1.29 is 5.11 Å². The molecule has 0 radical (unpaired) electrons. The highest BCUT2D eigenvalue weighted by Gasteiger charge is 2.57. The second kappa shape index (κ2) is 1.97. The summed E-state index contributed by atoms with van der Waals surface area (Å²) < 4.78 is 0. The van der Waals surface area contributed by atoms with Crippen LogP contribution in [-0.4, -0.2) is 41.3 Å². The Morgan fingerprint density at radius 2 is 2.00 bits per heavy atom. The second-order valence-electron chi connectivity index (χ2n) is 4.18. The van der Waals surface area contributed by atoms with Crippen LogP contribution in [0.4, 0.5) is 0 Å². The van der Waals surface area contributed by atoms with E-state index in [1.165, 1.54) is 0 Å². The molecule has 2 rings (SSSR count). The van der Waals surface area contributed by atoms with Crippen LogP contribution in [0.1, 0.15) is 19.3 Å². The van der Waals surface area contributed by atoms with Gasteiger partial charge in [0.1, 0.15) is 0 Å². The molecule has 3 nitrogen and oxygen atoms in total. The molecular weight excluding hydrogens is 140 g/mol. The van der Waals surface area contributed by atoms with Gasteiger partial charge < -0.3 is 15.7 Å². The number of aliphatic hydroxyl groups is 1. The van der Waals surface area contributed by atoms with Gasteiger partial charge in [0.2, 0.25) is 0 Å². The number of hydrogen-bond donors (Lipinski definition) is 2. The molecule has 1 heterocycles. The van der Waals surface area contributed by atoms with E-state index in [4.69, 9.17) is 5.73 Å². The SMILES string of the molecule is CN1CCC(O)(C2(N)CC2)C1. The van der Waals surface area contributed by atoms with Crippen LogP contribution in [-0.2, 0) is 0 Å². The molecular formula is C8H16N2O. The van der Waals surface area contributed by atoms with Crippen molar-refractivity contribution in [2.45, 2.75) is 30.4 Å². The number of likely N-dealkylation sites (tertiary alicyclic amines) is 1. The van der Waals surface area contributed by atoms with Crippen LogP contribution in [0.2, 0.25) is 0 Å². The van der Waals surface area contributed by atoms with Gasteiger partial charge in [0.15, 0.2) is 0 Å². The van der Waals surface area contributed by atoms with E-state index in [-0.39, 0.29) is 5.54 Å². The minimum absolute atomic E-state index is 0.238. The molecule has 1 atom stereocenters. The van der Waals surface area contributed by atoms with Crippen LogP contribution >= 0.6 is 0 Å². The van der Waals surface area contributed by atoms with Crippen molar-refractivity contribution in [2.75, 3.05) is 20.1 Å². The van der Waals surface area contributed by atoms with E-state index in [1.807, 2.05) is 7.05 Å². The summed E-state index contributed by atoms with van der Waals surface area (Å²) in [7, 11) is 2.03. The Balaban J connectivity index is 2.11. The Bertz CT molecular complexity index is 179. The quantitative estimate of drug-likeness (QED) is 0.540. The Morgan fingerprint density at radius 3 is 2.36 bits per heavy atom. The van der Waals surface area contributed by atoms with E-state index < -0.39 is 5.60 Å². The fraction of sp³-hybridized carbons (Fsp3) is 1.00. The molecule has 0 aromatic rings. The highest BCUT2D eigenvalue weighted by atomic mass is 16.3. The van der Waals surface area contributed by atoms with Crippen molar-refractivity contribution in [1.29, 1.82) is 0 Å². The highest BCUT2D eigenvalue weighted by Crippen LogP contribution is 2.46. The van der Waals surface area contributed by atoms with Crippen LogP contribution in [0.25, 0.3) is 0 Å². The van der Waals surface area contributed by atoms with Gasteiger partial charge in [-0.3, -0.25) is 0 Å². The largest absolute Gasteiger partial charge is 0.387 e. The maximum Gasteiger partial charge on any atom is 0.0964 e. The summed E-state index contributed by atoms with van der Waals surface area (Å²) in [6.07, 6.45) is 2.84. The predicted octanol–water partition coefficient (Wildman–Crippen LogP) is -0.456. The Labute approximate surface area is 67.2 Å². The van der Waals surface area contributed by atoms with E-state index in [2.05, 4.69) is 4.90 Å². The molecule has 0 amide bonds. The Morgan fingerprint density at radius 1 is 1.36 bits per heavy atom. The zero-order valence-electron chi connectivity index (χ0n) is 7.01. The van der Waals surface area contributed by atoms with E-state index >= 15 is 0 Å². The first kappa shape index (κ1) is 7.53. The van der Waals surface area contributed by atoms with Crippen molar-refractivity contribution in [2.24, 2.45) is 5.73 Å². The number of rotatable bonds is 1. The van der Waals surface area contributed by atoms with Crippen LogP contribution in [0.5, 0.6) is 0 Å². The van der Waals surface area contributed by atoms with Gasteiger partial charge in [-0.05, 0) is 26.3 Å². The van der Waals surface area contributed by atoms with Crippen molar-refractivity contribution in [3.8, 4) is 0 Å². The molecule has 3 heteroatoms. The number of nitrogens with two attached hydrogens (primary N) is 1. The average molecular weight is 156 g/mol. The van der Waals surface area contributed by atoms with Gasteiger partial charge in [-0.15, -0.1) is 0 Å². The summed E-state index contributed by atoms with van der Waals surface area (Å²) in [5, 5.41) is 10.1. The minimum Gasteiger partial charge on any atom is -0.387 e. The first-order valence-electron chi connectivity index (χ1n) is 4.26. The lowest BCUT2D eigenvalue weighted by molar-refractivity contribution is 0.0155. The Hall–Kier alpha value is -0.120. The molecule has 0 aromatic carbocycles. The molecule has 11 heavy (non-hydrogen) atoms. The standard InChI is InChI=1S/C8H16N2O/c1-10-5-4-8(11,6-10)7(9)2-3-7/h11H,2-6,9H2,1H3. The molecule has 1 unspecified atom stereocenters. The lowest BCUT2D eigenvalue weighted by atomic mass is 9.91. The van der Waals surface area contributed by atoms with Crippen molar-refractivity contribution in [1.82, 2.24) is 4.90 Å². The van der Waals surface area contributed by atoms with Gasteiger partial charge >= 0.3 is 0 Å². The zero-order valence-corrected chi connectivity index (χ0v) is 7.01. The first-order valence-corrected chi connectivity index (χ1v) is 4.26. The van der Waals surface area contributed by atoms with Gasteiger partial charge in [-0.2, -0.15) is 0 Å². The Kier molecular flexibility index (Phi) is 1.35. The topological polar surface area (TPSA) is 49.5 Å². The average Bonchev–Trinajstić information content (AvgIpc) is 2.57. The van der Waals surface area contributed by atoms with Crippen LogP contribution in [0.3, 0.4) is 0 Å². The van der Waals surface area contributed by atoms with Crippen LogP contribution in [0, 0.1) is 0 Å². The van der Waals surface area contributed by atoms with Gasteiger partial charge in [-0.1, -0.05) is 0 Å². The molecule has 1 saturated heterocycles. The molecule has 2 aliphatic rings.